The fourth-order valence-electron chi connectivity index (χ4n) is 16.0. The highest BCUT2D eigenvalue weighted by atomic mass is 35.5. The lowest BCUT2D eigenvalue weighted by Crippen LogP contribution is -2.37. The van der Waals surface area contributed by atoms with Gasteiger partial charge in [0.1, 0.15) is 0 Å². The summed E-state index contributed by atoms with van der Waals surface area (Å²) in [4.78, 5) is 0. The molecule has 12 saturated carbocycles. The van der Waals surface area contributed by atoms with Crippen LogP contribution in [0.3, 0.4) is 0 Å². The predicted molar refractivity (Wildman–Crippen MR) is 79.5 cm³/mol. The van der Waals surface area contributed by atoms with E-state index in [4.69, 9.17) is 11.6 Å². The van der Waals surface area contributed by atoms with Crippen LogP contribution in [0.1, 0.15) is 0 Å². The van der Waals surface area contributed by atoms with E-state index in [2.05, 4.69) is 0 Å². The number of halogens is 1. The Bertz CT molecular complexity index is 626. The molecule has 0 amide bonds. The summed E-state index contributed by atoms with van der Waals surface area (Å²) in [6.45, 7) is 0. The van der Waals surface area contributed by atoms with Crippen LogP contribution >= 0.6 is 11.6 Å². The highest BCUT2D eigenvalue weighted by molar-refractivity contribution is 6.18. The molecule has 0 spiro atoms. The van der Waals surface area contributed by atoms with Crippen LogP contribution in [0.5, 0.6) is 0 Å². The molecule has 0 heterocycles. The van der Waals surface area contributed by atoms with Crippen molar-refractivity contribution in [2.45, 2.75) is 0 Å². The third kappa shape index (κ3) is 0.452. The molecule has 0 aromatic carbocycles. The van der Waals surface area contributed by atoms with Crippen molar-refractivity contribution in [3.05, 3.63) is 0 Å². The Hall–Kier alpha value is 0.290. The van der Waals surface area contributed by atoms with Gasteiger partial charge in [-0.05, 0) is 118 Å². The SMILES string of the molecule is ClCC12C3[C@@H]4[C@@H]5C6C7C8[C@@H]9[C@@H]6[C@@H]4C1[C@H]9[C@@H]1C2[C@H]2[C@@H](C7[C@@H]5[C@@H]32)[C@H]81. The largest absolute Gasteiger partial charge is 0.126 e. The molecule has 0 aliphatic heterocycles. The van der Waals surface area contributed by atoms with Crippen molar-refractivity contribution in [2.24, 2.45) is 118 Å². The lowest BCUT2D eigenvalue weighted by Gasteiger charge is -2.38. The summed E-state index contributed by atoms with van der Waals surface area (Å²) in [5.41, 5.74) is 0.708. The Balaban J connectivity index is 1.46. The second-order valence-corrected chi connectivity index (χ2v) is 12.3. The Kier molecular flexibility index (Phi) is 0.934. The second kappa shape index (κ2) is 2.12. The third-order valence-electron chi connectivity index (χ3n) is 13.9. The second-order valence-electron chi connectivity index (χ2n) is 12.1. The normalized spacial score (nSPS) is 103. The van der Waals surface area contributed by atoms with E-state index in [9.17, 15) is 0 Å². The van der Waals surface area contributed by atoms with Gasteiger partial charge in [-0.2, -0.15) is 0 Å². The minimum atomic E-state index is 0.708. The van der Waals surface area contributed by atoms with Gasteiger partial charge in [0.25, 0.3) is 0 Å². The van der Waals surface area contributed by atoms with Gasteiger partial charge in [-0.1, -0.05) is 0 Å². The first kappa shape index (κ1) is 9.69. The Morgan fingerprint density at radius 1 is 0.409 bits per heavy atom. The molecule has 0 N–H and O–H groups in total. The van der Waals surface area contributed by atoms with Gasteiger partial charge in [-0.25, -0.2) is 0 Å². The highest BCUT2D eigenvalue weighted by Gasteiger charge is 3.01. The summed E-state index contributed by atoms with van der Waals surface area (Å²) in [5.74, 6) is 24.5. The van der Waals surface area contributed by atoms with Crippen LogP contribution in [0, 0.1) is 118 Å². The molecule has 22 heavy (non-hydrogen) atoms. The number of hydrogen-bond donors (Lipinski definition) is 0. The molecule has 12 aliphatic carbocycles. The van der Waals surface area contributed by atoms with Crippen molar-refractivity contribution in [2.75, 3.05) is 5.88 Å². The molecule has 0 radical (unpaired) electrons. The Labute approximate surface area is 135 Å². The quantitative estimate of drug-likeness (QED) is 0.653. The molecular weight excluding hydrogens is 288 g/mol. The van der Waals surface area contributed by atoms with E-state index in [0.29, 0.717) is 5.41 Å². The summed E-state index contributed by atoms with van der Waals surface area (Å²) in [7, 11) is 0. The van der Waals surface area contributed by atoms with E-state index in [1.165, 1.54) is 94.7 Å². The zero-order valence-electron chi connectivity index (χ0n) is 12.6. The van der Waals surface area contributed by atoms with Crippen molar-refractivity contribution in [3.63, 3.8) is 0 Å². The molecule has 0 bridgehead atoms. The van der Waals surface area contributed by atoms with Crippen LogP contribution in [-0.2, 0) is 0 Å². The average Bonchev–Trinajstić information content (AvgIpc) is 3.18. The molecule has 12 rings (SSSR count). The van der Waals surface area contributed by atoms with E-state index in [1.54, 1.807) is 0 Å². The van der Waals surface area contributed by atoms with Gasteiger partial charge in [-0.15, -0.1) is 11.6 Å². The Morgan fingerprint density at radius 3 is 0.864 bits per heavy atom. The number of hydrogen-bond acceptors (Lipinski definition) is 0. The molecule has 0 aromatic rings. The average molecular weight is 309 g/mol. The van der Waals surface area contributed by atoms with Crippen LogP contribution in [0.25, 0.3) is 0 Å². The van der Waals surface area contributed by atoms with Crippen LogP contribution in [0.4, 0.5) is 0 Å². The van der Waals surface area contributed by atoms with Gasteiger partial charge in [0.15, 0.2) is 0 Å². The van der Waals surface area contributed by atoms with Crippen molar-refractivity contribution in [3.8, 4) is 0 Å². The summed E-state index contributed by atoms with van der Waals surface area (Å²) in [5, 5.41) is 0. The summed E-state index contributed by atoms with van der Waals surface area (Å²) >= 11 is 6.95. The van der Waals surface area contributed by atoms with Crippen LogP contribution < -0.4 is 0 Å². The lowest BCUT2D eigenvalue weighted by molar-refractivity contribution is 0.108. The minimum Gasteiger partial charge on any atom is -0.126 e. The standard InChI is InChI=1S/C21H21Cl/c22-1-21-18-12-6-3-2-4-8(6)14(18)16-10(4)11-5(2)9-7(3)13(12)19(21)15(9)17(11)20(16)21/h2-20H,1H2/t2?,3?,4?,5?,6-,7-,8-,9+,10+,11+,12-,13+,14+,15+,16+,17-,18?,19?,20?,21?/m0/s1. The van der Waals surface area contributed by atoms with Crippen molar-refractivity contribution >= 4 is 11.6 Å². The van der Waals surface area contributed by atoms with Crippen LogP contribution in [0.15, 0.2) is 0 Å². The van der Waals surface area contributed by atoms with Gasteiger partial charge < -0.3 is 0 Å². The van der Waals surface area contributed by atoms with Gasteiger partial charge in [0.2, 0.25) is 0 Å². The smallest absolute Gasteiger partial charge is 0.0288 e. The van der Waals surface area contributed by atoms with Gasteiger partial charge in [-0.3, -0.25) is 0 Å². The van der Waals surface area contributed by atoms with E-state index < -0.39 is 0 Å². The first-order valence-electron chi connectivity index (χ1n) is 10.5. The van der Waals surface area contributed by atoms with Gasteiger partial charge in [0.05, 0.1) is 0 Å². The maximum Gasteiger partial charge on any atom is 0.0288 e. The van der Waals surface area contributed by atoms with Gasteiger partial charge >= 0.3 is 0 Å². The Morgan fingerprint density at radius 2 is 0.636 bits per heavy atom. The fourth-order valence-corrected chi connectivity index (χ4v) is 16.5. The van der Waals surface area contributed by atoms with Crippen LogP contribution in [0.2, 0.25) is 0 Å². The first-order valence-corrected chi connectivity index (χ1v) is 11.0. The monoisotopic (exact) mass is 308 g/mol. The third-order valence-corrected chi connectivity index (χ3v) is 14.4. The van der Waals surface area contributed by atoms with Gasteiger partial charge in [0, 0.05) is 5.88 Å². The lowest BCUT2D eigenvalue weighted by atomic mass is 9.68. The molecule has 0 saturated heterocycles. The maximum atomic E-state index is 6.95. The number of rotatable bonds is 1. The summed E-state index contributed by atoms with van der Waals surface area (Å²) in [6.07, 6.45) is 0. The van der Waals surface area contributed by atoms with Crippen molar-refractivity contribution in [1.29, 1.82) is 0 Å². The molecule has 1 heteroatoms. The summed E-state index contributed by atoms with van der Waals surface area (Å²) < 4.78 is 0. The zero-order valence-corrected chi connectivity index (χ0v) is 13.3. The predicted octanol–water partition coefficient (Wildman–Crippen LogP) is 3.07. The first-order chi connectivity index (χ1) is 10.9. The number of alkyl halides is 1. The topological polar surface area (TPSA) is 0 Å². The molecule has 12 aliphatic rings. The molecule has 0 aromatic heterocycles. The molecule has 112 valence electrons. The molecular formula is C21H21Cl. The maximum absolute atomic E-state index is 6.95. The van der Waals surface area contributed by atoms with E-state index >= 15 is 0 Å². The van der Waals surface area contributed by atoms with Crippen molar-refractivity contribution < 1.29 is 0 Å². The van der Waals surface area contributed by atoms with E-state index in [-0.39, 0.29) is 0 Å². The summed E-state index contributed by atoms with van der Waals surface area (Å²) in [6, 6.07) is 0. The minimum absolute atomic E-state index is 0.708. The molecule has 0 nitrogen and oxygen atoms in total. The van der Waals surface area contributed by atoms with Crippen molar-refractivity contribution in [1.82, 2.24) is 0 Å². The molecule has 12 fully saturated rings. The van der Waals surface area contributed by atoms with E-state index in [0.717, 1.165) is 23.6 Å². The molecule has 20 atom stereocenters. The zero-order chi connectivity index (χ0) is 13.2. The van der Waals surface area contributed by atoms with Crippen LogP contribution in [-0.4, -0.2) is 5.88 Å². The van der Waals surface area contributed by atoms with E-state index in [1.807, 2.05) is 0 Å². The molecule has 8 unspecified atom stereocenters. The fraction of sp³-hybridized carbons (Fsp3) is 1.00. The highest BCUT2D eigenvalue weighted by Crippen LogP contribution is 3.04.